The zero-order valence-electron chi connectivity index (χ0n) is 11.7. The molecule has 1 aromatic rings. The number of hydrogen-bond donors (Lipinski definition) is 2. The molecule has 1 aromatic heterocycles. The first-order valence-electron chi connectivity index (χ1n) is 6.65. The maximum Gasteiger partial charge on any atom is 0.242 e. The van der Waals surface area contributed by atoms with Gasteiger partial charge in [-0.3, -0.25) is 0 Å². The van der Waals surface area contributed by atoms with Crippen LogP contribution in [0.25, 0.3) is 0 Å². The summed E-state index contributed by atoms with van der Waals surface area (Å²) in [6.07, 6.45) is 3.93. The number of rotatable bonds is 6. The van der Waals surface area contributed by atoms with E-state index in [2.05, 4.69) is 15.0 Å². The van der Waals surface area contributed by atoms with Crippen LogP contribution in [0.5, 0.6) is 0 Å². The normalized spacial score (nSPS) is 19.8. The van der Waals surface area contributed by atoms with Crippen molar-refractivity contribution in [3.63, 3.8) is 0 Å². The fourth-order valence-electron chi connectivity index (χ4n) is 2.19. The molecule has 1 atom stereocenters. The van der Waals surface area contributed by atoms with E-state index >= 15 is 0 Å². The van der Waals surface area contributed by atoms with Crippen LogP contribution in [-0.2, 0) is 19.9 Å². The van der Waals surface area contributed by atoms with E-state index in [4.69, 9.17) is 0 Å². The molecule has 1 unspecified atom stereocenters. The molecule has 1 aliphatic heterocycles. The Morgan fingerprint density at radius 3 is 2.62 bits per heavy atom. The molecule has 9 heteroatoms. The number of nitrogens with one attached hydrogen (secondary N) is 2. The van der Waals surface area contributed by atoms with E-state index in [0.717, 1.165) is 38.4 Å². The number of sulfone groups is 1. The molecular weight excluding hydrogens is 314 g/mol. The summed E-state index contributed by atoms with van der Waals surface area (Å²) in [6, 6.07) is 2.45. The van der Waals surface area contributed by atoms with Crippen LogP contribution in [0.1, 0.15) is 12.8 Å². The zero-order valence-corrected chi connectivity index (χ0v) is 13.4. The smallest absolute Gasteiger partial charge is 0.242 e. The topological polar surface area (TPSA) is 105 Å². The van der Waals surface area contributed by atoms with Gasteiger partial charge in [0.1, 0.15) is 4.90 Å². The lowest BCUT2D eigenvalue weighted by Crippen LogP contribution is -2.26. The second-order valence-electron chi connectivity index (χ2n) is 5.15. The third-order valence-corrected chi connectivity index (χ3v) is 5.85. The first kappa shape index (κ1) is 16.3. The summed E-state index contributed by atoms with van der Waals surface area (Å²) < 4.78 is 49.2. The number of pyridine rings is 1. The molecule has 118 valence electrons. The predicted molar refractivity (Wildman–Crippen MR) is 78.1 cm³/mol. The van der Waals surface area contributed by atoms with Crippen molar-refractivity contribution in [2.24, 2.45) is 5.92 Å². The van der Waals surface area contributed by atoms with Gasteiger partial charge >= 0.3 is 0 Å². The van der Waals surface area contributed by atoms with Gasteiger partial charge in [0.15, 0.2) is 14.9 Å². The van der Waals surface area contributed by atoms with Crippen LogP contribution in [0, 0.1) is 5.92 Å². The summed E-state index contributed by atoms with van der Waals surface area (Å²) in [5, 5.41) is 3.09. The summed E-state index contributed by atoms with van der Waals surface area (Å²) in [5.74, 6) is 0.499. The van der Waals surface area contributed by atoms with Crippen LogP contribution in [0.2, 0.25) is 0 Å². The molecule has 2 heterocycles. The van der Waals surface area contributed by atoms with Crippen LogP contribution in [0.4, 0.5) is 0 Å². The van der Waals surface area contributed by atoms with Gasteiger partial charge in [0.25, 0.3) is 0 Å². The molecule has 0 saturated carbocycles. The number of hydrogen-bond acceptors (Lipinski definition) is 6. The summed E-state index contributed by atoms with van der Waals surface area (Å²) in [7, 11) is -7.07. The van der Waals surface area contributed by atoms with E-state index in [1.165, 1.54) is 12.1 Å². The lowest BCUT2D eigenvalue weighted by molar-refractivity contribution is 0.519. The molecule has 7 nitrogen and oxygen atoms in total. The molecule has 1 saturated heterocycles. The van der Waals surface area contributed by atoms with Crippen LogP contribution < -0.4 is 10.0 Å². The van der Waals surface area contributed by atoms with Crippen molar-refractivity contribution in [1.82, 2.24) is 15.0 Å². The van der Waals surface area contributed by atoms with E-state index in [9.17, 15) is 16.8 Å². The monoisotopic (exact) mass is 333 g/mol. The molecule has 21 heavy (non-hydrogen) atoms. The van der Waals surface area contributed by atoms with Crippen molar-refractivity contribution in [2.45, 2.75) is 22.8 Å². The van der Waals surface area contributed by atoms with Crippen LogP contribution >= 0.6 is 0 Å². The average molecular weight is 333 g/mol. The van der Waals surface area contributed by atoms with Gasteiger partial charge in [0.05, 0.1) is 0 Å². The average Bonchev–Trinajstić information content (AvgIpc) is 2.91. The summed E-state index contributed by atoms with van der Waals surface area (Å²) in [6.45, 7) is 2.27. The Balaban J connectivity index is 1.98. The zero-order chi connectivity index (χ0) is 15.5. The minimum Gasteiger partial charge on any atom is -0.316 e. The number of nitrogens with zero attached hydrogens (tertiary/aromatic N) is 1. The Labute approximate surface area is 125 Å². The highest BCUT2D eigenvalue weighted by molar-refractivity contribution is 7.90. The Hall–Kier alpha value is -1.03. The molecule has 0 radical (unpaired) electrons. The van der Waals surface area contributed by atoms with Crippen molar-refractivity contribution in [3.8, 4) is 0 Å². The Morgan fingerprint density at radius 2 is 2.10 bits per heavy atom. The maximum atomic E-state index is 12.1. The van der Waals surface area contributed by atoms with E-state index < -0.39 is 19.9 Å². The molecule has 0 spiro atoms. The van der Waals surface area contributed by atoms with E-state index in [1.807, 2.05) is 0 Å². The fraction of sp³-hybridized carbons (Fsp3) is 0.583. The van der Waals surface area contributed by atoms with Crippen molar-refractivity contribution in [1.29, 1.82) is 0 Å². The molecule has 0 aliphatic carbocycles. The van der Waals surface area contributed by atoms with Crippen molar-refractivity contribution < 1.29 is 16.8 Å². The molecule has 2 N–H and O–H groups in total. The van der Waals surface area contributed by atoms with Gasteiger partial charge in [-0.15, -0.1) is 0 Å². The first-order valence-corrected chi connectivity index (χ1v) is 10.0. The highest BCUT2D eigenvalue weighted by Crippen LogP contribution is 2.13. The summed E-state index contributed by atoms with van der Waals surface area (Å²) in [5.41, 5.74) is 0. The molecular formula is C12H19N3O4S2. The largest absolute Gasteiger partial charge is 0.316 e. The van der Waals surface area contributed by atoms with Gasteiger partial charge in [-0.2, -0.15) is 0 Å². The molecule has 2 rings (SSSR count). The predicted octanol–water partition coefficient (Wildman–Crippen LogP) is -0.237. The van der Waals surface area contributed by atoms with Gasteiger partial charge in [-0.05, 0) is 44.0 Å². The van der Waals surface area contributed by atoms with Crippen molar-refractivity contribution in [2.75, 3.05) is 25.9 Å². The van der Waals surface area contributed by atoms with Gasteiger partial charge in [0, 0.05) is 19.0 Å². The number of aromatic nitrogens is 1. The SMILES string of the molecule is CS(=O)(=O)c1ccc(S(=O)(=O)NCCC2CCNC2)cn1. The minimum absolute atomic E-state index is 0.0283. The van der Waals surface area contributed by atoms with Crippen molar-refractivity contribution in [3.05, 3.63) is 18.3 Å². The molecule has 0 amide bonds. The van der Waals surface area contributed by atoms with Gasteiger partial charge in [-0.25, -0.2) is 26.5 Å². The van der Waals surface area contributed by atoms with E-state index in [-0.39, 0.29) is 9.92 Å². The second kappa shape index (κ2) is 6.39. The third kappa shape index (κ3) is 4.47. The summed E-state index contributed by atoms with van der Waals surface area (Å²) in [4.78, 5) is 3.66. The Kier molecular flexibility index (Phi) is 4.97. The lowest BCUT2D eigenvalue weighted by Gasteiger charge is -2.10. The second-order valence-corrected chi connectivity index (χ2v) is 8.88. The van der Waals surface area contributed by atoms with Gasteiger partial charge < -0.3 is 5.32 Å². The van der Waals surface area contributed by atoms with Crippen LogP contribution in [0.3, 0.4) is 0 Å². The van der Waals surface area contributed by atoms with E-state index in [1.54, 1.807) is 0 Å². The highest BCUT2D eigenvalue weighted by Gasteiger charge is 2.18. The van der Waals surface area contributed by atoms with E-state index in [0.29, 0.717) is 12.5 Å². The number of sulfonamides is 1. The van der Waals surface area contributed by atoms with Crippen LogP contribution in [0.15, 0.2) is 28.3 Å². The standard InChI is InChI=1S/C12H19N3O4S2/c1-20(16,17)12-3-2-11(9-14-12)21(18,19)15-7-5-10-4-6-13-8-10/h2-3,9-10,13,15H,4-8H2,1H3. The Morgan fingerprint density at radius 1 is 1.33 bits per heavy atom. The fourth-order valence-corrected chi connectivity index (χ4v) is 3.74. The summed E-state index contributed by atoms with van der Waals surface area (Å²) >= 11 is 0. The maximum absolute atomic E-state index is 12.1. The highest BCUT2D eigenvalue weighted by atomic mass is 32.2. The molecule has 1 fully saturated rings. The first-order chi connectivity index (χ1) is 9.79. The third-order valence-electron chi connectivity index (χ3n) is 3.41. The van der Waals surface area contributed by atoms with Gasteiger partial charge in [0.2, 0.25) is 10.0 Å². The molecule has 0 aromatic carbocycles. The van der Waals surface area contributed by atoms with Crippen LogP contribution in [-0.4, -0.2) is 47.7 Å². The minimum atomic E-state index is -3.64. The van der Waals surface area contributed by atoms with Gasteiger partial charge in [-0.1, -0.05) is 0 Å². The molecule has 0 bridgehead atoms. The lowest BCUT2D eigenvalue weighted by atomic mass is 10.1. The Bertz CT molecular complexity index is 678. The molecule has 1 aliphatic rings. The quantitative estimate of drug-likeness (QED) is 0.744. The van der Waals surface area contributed by atoms with Crippen molar-refractivity contribution >= 4 is 19.9 Å².